The summed E-state index contributed by atoms with van der Waals surface area (Å²) in [6.45, 7) is -0.0964. The zero-order chi connectivity index (χ0) is 7.28. The van der Waals surface area contributed by atoms with Crippen LogP contribution >= 0.6 is 11.8 Å². The van der Waals surface area contributed by atoms with Crippen molar-refractivity contribution in [1.82, 2.24) is 4.81 Å². The van der Waals surface area contributed by atoms with E-state index in [1.54, 1.807) is 0 Å². The smallest absolute Gasteiger partial charge is 0.316 e. The van der Waals surface area contributed by atoms with Crippen LogP contribution in [0.5, 0.6) is 0 Å². The van der Waals surface area contributed by atoms with E-state index in [0.29, 0.717) is 5.88 Å². The Morgan fingerprint density at radius 1 is 1.89 bits per heavy atom. The molecule has 0 aromatic rings. The highest BCUT2D eigenvalue weighted by molar-refractivity contribution is 7.98. The maximum Gasteiger partial charge on any atom is 0.316 e. The molecule has 1 N–H and O–H groups in total. The van der Waals surface area contributed by atoms with E-state index in [1.807, 2.05) is 6.26 Å². The van der Waals surface area contributed by atoms with E-state index >= 15 is 0 Å². The maximum atomic E-state index is 9.95. The fraction of sp³-hybridized carbons (Fsp3) is 0.750. The first-order chi connectivity index (χ1) is 4.16. The molecule has 0 aliphatic heterocycles. The molecular weight excluding hydrogens is 137 g/mol. The van der Waals surface area contributed by atoms with Gasteiger partial charge in [0.25, 0.3) is 0 Å². The molecule has 0 rings (SSSR count). The third-order valence-electron chi connectivity index (χ3n) is 0.633. The minimum absolute atomic E-state index is 0.0964. The largest absolute Gasteiger partial charge is 0.480 e. The summed E-state index contributed by atoms with van der Waals surface area (Å²) in [5.41, 5.74) is 0. The number of carbonyl (C=O) groups is 1. The van der Waals surface area contributed by atoms with Crippen molar-refractivity contribution in [3.63, 3.8) is 0 Å². The summed E-state index contributed by atoms with van der Waals surface area (Å²) in [5, 5.41) is 8.18. The summed E-state index contributed by atoms with van der Waals surface area (Å²) >= 11 is 1.49. The van der Waals surface area contributed by atoms with Crippen molar-refractivity contribution in [2.24, 2.45) is 0 Å². The second-order valence-corrected chi connectivity index (χ2v) is 2.39. The van der Waals surface area contributed by atoms with Crippen LogP contribution in [0.2, 0.25) is 0 Å². The first-order valence-corrected chi connectivity index (χ1v) is 3.76. The molecule has 0 atom stereocenters. The topological polar surface area (TPSA) is 40.5 Å². The van der Waals surface area contributed by atoms with Crippen LogP contribution in [-0.4, -0.2) is 42.5 Å². The molecule has 0 aliphatic carbocycles. The van der Waals surface area contributed by atoms with Gasteiger partial charge in [0.1, 0.15) is 0 Å². The molecule has 0 fully saturated rings. The third kappa shape index (κ3) is 5.72. The Labute approximate surface area is 59.8 Å². The highest BCUT2D eigenvalue weighted by Gasteiger charge is 2.00. The van der Waals surface area contributed by atoms with Gasteiger partial charge in [0.2, 0.25) is 0 Å². The number of thioether (sulfide) groups is 1. The van der Waals surface area contributed by atoms with E-state index in [2.05, 4.69) is 0 Å². The Bertz CT molecular complexity index is 101. The SMILES string of the molecule is [B]N(CSC)CC(=O)O. The molecule has 0 unspecified atom stereocenters. The molecule has 0 heterocycles. The van der Waals surface area contributed by atoms with Crippen LogP contribution in [0.4, 0.5) is 0 Å². The Hall–Kier alpha value is -0.155. The zero-order valence-electron chi connectivity index (χ0n) is 5.20. The molecule has 0 saturated carbocycles. The van der Waals surface area contributed by atoms with Crippen molar-refractivity contribution >= 4 is 25.7 Å². The minimum atomic E-state index is -0.897. The molecular formula is C4H8BNO2S. The van der Waals surface area contributed by atoms with E-state index in [4.69, 9.17) is 13.1 Å². The Balaban J connectivity index is 3.26. The Kier molecular flexibility index (Phi) is 4.62. The number of nitrogens with zero attached hydrogens (tertiary/aromatic N) is 1. The summed E-state index contributed by atoms with van der Waals surface area (Å²) in [7, 11) is 5.22. The lowest BCUT2D eigenvalue weighted by Crippen LogP contribution is -2.26. The van der Waals surface area contributed by atoms with Crippen LogP contribution < -0.4 is 0 Å². The molecule has 0 bridgehead atoms. The highest BCUT2D eigenvalue weighted by Crippen LogP contribution is 1.93. The van der Waals surface area contributed by atoms with Gasteiger partial charge in [-0.3, -0.25) is 4.79 Å². The fourth-order valence-corrected chi connectivity index (χ4v) is 0.808. The predicted molar refractivity (Wildman–Crippen MR) is 38.5 cm³/mol. The van der Waals surface area contributed by atoms with Gasteiger partial charge in [0.15, 0.2) is 7.98 Å². The van der Waals surface area contributed by atoms with Crippen molar-refractivity contribution in [1.29, 1.82) is 0 Å². The number of aliphatic carboxylic acids is 1. The van der Waals surface area contributed by atoms with Crippen molar-refractivity contribution in [3.05, 3.63) is 0 Å². The predicted octanol–water partition coefficient (Wildman–Crippen LogP) is -0.223. The van der Waals surface area contributed by atoms with Crippen LogP contribution in [0.25, 0.3) is 0 Å². The van der Waals surface area contributed by atoms with E-state index in [-0.39, 0.29) is 6.54 Å². The van der Waals surface area contributed by atoms with Crippen molar-refractivity contribution < 1.29 is 9.90 Å². The summed E-state index contributed by atoms with van der Waals surface area (Å²) in [6.07, 6.45) is 1.86. The maximum absolute atomic E-state index is 9.95. The second-order valence-electron chi connectivity index (χ2n) is 1.56. The van der Waals surface area contributed by atoms with E-state index in [9.17, 15) is 4.79 Å². The normalized spacial score (nSPS) is 10.0. The summed E-state index contributed by atoms with van der Waals surface area (Å²) in [5.74, 6) is -0.349. The molecule has 5 heteroatoms. The number of hydrogen-bond donors (Lipinski definition) is 1. The van der Waals surface area contributed by atoms with Crippen LogP contribution in [0, 0.1) is 0 Å². The van der Waals surface area contributed by atoms with Crippen LogP contribution in [0.15, 0.2) is 0 Å². The first-order valence-electron chi connectivity index (χ1n) is 2.37. The van der Waals surface area contributed by atoms with Gasteiger partial charge in [-0.25, -0.2) is 0 Å². The highest BCUT2D eigenvalue weighted by atomic mass is 32.2. The average molecular weight is 145 g/mol. The van der Waals surface area contributed by atoms with E-state index in [1.165, 1.54) is 16.6 Å². The lowest BCUT2D eigenvalue weighted by atomic mass is 10.3. The quantitative estimate of drug-likeness (QED) is 0.438. The van der Waals surface area contributed by atoms with Gasteiger partial charge >= 0.3 is 5.97 Å². The molecule has 50 valence electrons. The minimum Gasteiger partial charge on any atom is -0.480 e. The number of rotatable bonds is 4. The molecule has 0 aromatic heterocycles. The van der Waals surface area contributed by atoms with Crippen molar-refractivity contribution in [2.45, 2.75) is 0 Å². The van der Waals surface area contributed by atoms with Gasteiger partial charge < -0.3 is 9.92 Å². The second kappa shape index (κ2) is 4.70. The van der Waals surface area contributed by atoms with Gasteiger partial charge in [-0.15, -0.1) is 0 Å². The van der Waals surface area contributed by atoms with Gasteiger partial charge in [0, 0.05) is 5.88 Å². The summed E-state index contributed by atoms with van der Waals surface area (Å²) < 4.78 is 0. The molecule has 9 heavy (non-hydrogen) atoms. The molecule has 0 aliphatic rings. The average Bonchev–Trinajstić information content (AvgIpc) is 1.63. The van der Waals surface area contributed by atoms with E-state index in [0.717, 1.165) is 0 Å². The molecule has 0 saturated heterocycles. The van der Waals surface area contributed by atoms with Crippen molar-refractivity contribution in [2.75, 3.05) is 18.7 Å². The standard InChI is InChI=1S/C4H8BNO2S/c1-9-3-6(5)2-4(7)8/h2-3H2,1H3,(H,7,8). The first kappa shape index (κ1) is 8.84. The zero-order valence-corrected chi connectivity index (χ0v) is 6.02. The van der Waals surface area contributed by atoms with Crippen molar-refractivity contribution in [3.8, 4) is 0 Å². The van der Waals surface area contributed by atoms with Gasteiger partial charge in [0.05, 0.1) is 6.54 Å². The number of hydrogen-bond acceptors (Lipinski definition) is 3. The molecule has 2 radical (unpaired) electrons. The van der Waals surface area contributed by atoms with Gasteiger partial charge in [-0.1, -0.05) is 0 Å². The monoisotopic (exact) mass is 145 g/mol. The lowest BCUT2D eigenvalue weighted by molar-refractivity contribution is -0.137. The van der Waals surface area contributed by atoms with Gasteiger partial charge in [-0.2, -0.15) is 11.8 Å². The fourth-order valence-electron chi connectivity index (χ4n) is 0.385. The van der Waals surface area contributed by atoms with Gasteiger partial charge in [-0.05, 0) is 6.26 Å². The van der Waals surface area contributed by atoms with Crippen LogP contribution in [-0.2, 0) is 4.79 Å². The number of carboxylic acids is 1. The van der Waals surface area contributed by atoms with Crippen LogP contribution in [0.3, 0.4) is 0 Å². The van der Waals surface area contributed by atoms with E-state index < -0.39 is 5.97 Å². The Morgan fingerprint density at radius 2 is 2.44 bits per heavy atom. The summed E-state index contributed by atoms with van der Waals surface area (Å²) in [4.78, 5) is 11.2. The molecule has 0 aromatic carbocycles. The van der Waals surface area contributed by atoms with Crippen LogP contribution in [0.1, 0.15) is 0 Å². The lowest BCUT2D eigenvalue weighted by Gasteiger charge is -2.10. The third-order valence-corrected chi connectivity index (χ3v) is 1.22. The molecule has 3 nitrogen and oxygen atoms in total. The summed E-state index contributed by atoms with van der Waals surface area (Å²) in [6, 6.07) is 0. The Morgan fingerprint density at radius 3 is 2.78 bits per heavy atom. The molecule has 0 spiro atoms. The molecule has 0 amide bonds. The number of carboxylic acid groups (broad SMARTS) is 1.